The summed E-state index contributed by atoms with van der Waals surface area (Å²) in [4.78, 5) is 67.0. The van der Waals surface area contributed by atoms with Crippen LogP contribution in [0.25, 0.3) is 0 Å². The van der Waals surface area contributed by atoms with Crippen molar-refractivity contribution in [2.24, 2.45) is 22.2 Å². The van der Waals surface area contributed by atoms with Gasteiger partial charge in [-0.15, -0.1) is 0 Å². The molecule has 0 aromatic heterocycles. The number of benzene rings is 1. The third-order valence-electron chi connectivity index (χ3n) is 14.0. The molecular weight excluding hydrogens is 989 g/mol. The van der Waals surface area contributed by atoms with E-state index in [0.717, 1.165) is 51.4 Å². The predicted octanol–water partition coefficient (Wildman–Crippen LogP) is 11.4. The summed E-state index contributed by atoms with van der Waals surface area (Å²) in [5.41, 5.74) is 16.9. The third-order valence-corrected chi connectivity index (χ3v) is 14.0. The number of hydrogen-bond donors (Lipinski definition) is 8. The van der Waals surface area contributed by atoms with Gasteiger partial charge in [-0.3, -0.25) is 29.0 Å². The molecule has 1 rings (SSSR count). The van der Waals surface area contributed by atoms with E-state index in [9.17, 15) is 29.1 Å². The summed E-state index contributed by atoms with van der Waals surface area (Å²) in [5, 5.41) is 20.0. The van der Waals surface area contributed by atoms with Crippen LogP contribution >= 0.6 is 0 Å². The van der Waals surface area contributed by atoms with Gasteiger partial charge in [-0.2, -0.15) is 0 Å². The van der Waals surface area contributed by atoms with Crippen LogP contribution in [-0.4, -0.2) is 98.7 Å². The Hall–Kier alpha value is -4.80. The number of unbranched alkanes of at least 4 members (excludes halogenated alkanes) is 30. The van der Waals surface area contributed by atoms with Gasteiger partial charge in [-0.05, 0) is 57.1 Å². The number of hydrogen-bond acceptors (Lipinski definition) is 10. The second-order valence-corrected chi connectivity index (χ2v) is 21.3. The van der Waals surface area contributed by atoms with Crippen LogP contribution in [0.2, 0.25) is 0 Å². The van der Waals surface area contributed by atoms with Crippen molar-refractivity contribution in [1.82, 2.24) is 21.3 Å². The first-order chi connectivity index (χ1) is 37.9. The molecule has 450 valence electrons. The lowest BCUT2D eigenvalue weighted by molar-refractivity contribution is -0.140. The van der Waals surface area contributed by atoms with Crippen molar-refractivity contribution < 1.29 is 43.3 Å². The summed E-state index contributed by atoms with van der Waals surface area (Å²) in [6.45, 7) is 8.90. The standard InChI is InChI=1S/C61H112N8O9/c1-4-7-10-13-16-19-22-25-30-35-43-76-53-46-50(47-54(77-44-36-31-26-23-20-17-14-11-8-5-2)57(53)78-45-37-32-27-24-21-18-15-12-9-6-3)58(73)65-40-33-28-29-34-41-66-60(75)52(48-56(71)72)69-55(70)49-68-59(74)51(62)39-38-42-67-61(63)64/h46-47,51-52H,4-45,48-49,62H2,1-3H3,(H,65,73)(H,66,75)(H,68,74)(H,69,70)(H,71,72)(H4,63,64,67)/t51-,52-/m0/s1. The Morgan fingerprint density at radius 2 is 0.910 bits per heavy atom. The largest absolute Gasteiger partial charge is 0.490 e. The summed E-state index contributed by atoms with van der Waals surface area (Å²) in [6.07, 6.45) is 39.9. The highest BCUT2D eigenvalue weighted by molar-refractivity contribution is 5.95. The highest BCUT2D eigenvalue weighted by atomic mass is 16.5. The molecule has 17 heteroatoms. The van der Waals surface area contributed by atoms with Gasteiger partial charge in [0.05, 0.1) is 38.8 Å². The number of carboxylic acids is 1. The topological polar surface area (TPSA) is 272 Å². The van der Waals surface area contributed by atoms with Gasteiger partial charge in [0, 0.05) is 25.2 Å². The first kappa shape index (κ1) is 71.2. The molecular formula is C61H112N8O9. The second kappa shape index (κ2) is 50.4. The third kappa shape index (κ3) is 40.4. The average Bonchev–Trinajstić information content (AvgIpc) is 3.41. The van der Waals surface area contributed by atoms with Gasteiger partial charge in [-0.1, -0.05) is 207 Å². The first-order valence-corrected chi connectivity index (χ1v) is 31.1. The van der Waals surface area contributed by atoms with Crippen molar-refractivity contribution in [3.05, 3.63) is 17.7 Å². The van der Waals surface area contributed by atoms with Gasteiger partial charge < -0.3 is 57.8 Å². The molecule has 17 nitrogen and oxygen atoms in total. The van der Waals surface area contributed by atoms with Crippen LogP contribution in [0.1, 0.15) is 269 Å². The van der Waals surface area contributed by atoms with Crippen LogP contribution in [0, 0.1) is 0 Å². The minimum absolute atomic E-state index is 0.0654. The molecule has 0 radical (unpaired) electrons. The maximum Gasteiger partial charge on any atom is 0.305 e. The van der Waals surface area contributed by atoms with Crippen LogP contribution < -0.4 is 52.7 Å². The maximum absolute atomic E-state index is 13.8. The number of carbonyl (C=O) groups is 5. The van der Waals surface area contributed by atoms with E-state index in [2.05, 4.69) is 47.0 Å². The zero-order valence-electron chi connectivity index (χ0n) is 49.3. The predicted molar refractivity (Wildman–Crippen MR) is 317 cm³/mol. The zero-order valence-corrected chi connectivity index (χ0v) is 49.3. The smallest absolute Gasteiger partial charge is 0.305 e. The molecule has 78 heavy (non-hydrogen) atoms. The lowest BCUT2D eigenvalue weighted by Crippen LogP contribution is -2.51. The van der Waals surface area contributed by atoms with Gasteiger partial charge >= 0.3 is 5.97 Å². The lowest BCUT2D eigenvalue weighted by atomic mass is 10.1. The molecule has 0 fully saturated rings. The monoisotopic (exact) mass is 1100 g/mol. The van der Waals surface area contributed by atoms with Gasteiger partial charge in [0.2, 0.25) is 23.5 Å². The Bertz CT molecular complexity index is 1680. The fourth-order valence-electron chi connectivity index (χ4n) is 9.19. The molecule has 0 aliphatic rings. The number of ether oxygens (including phenoxy) is 3. The fourth-order valence-corrected chi connectivity index (χ4v) is 9.19. The van der Waals surface area contributed by atoms with E-state index in [4.69, 9.17) is 31.4 Å². The summed E-state index contributed by atoms with van der Waals surface area (Å²) in [5.74, 6) is -1.82. The van der Waals surface area contributed by atoms with Gasteiger partial charge in [0.25, 0.3) is 5.91 Å². The molecule has 0 aliphatic carbocycles. The summed E-state index contributed by atoms with van der Waals surface area (Å²) < 4.78 is 19.5. The molecule has 0 aliphatic heterocycles. The molecule has 4 amide bonds. The van der Waals surface area contributed by atoms with Crippen molar-refractivity contribution in [2.45, 2.75) is 270 Å². The molecule has 1 aromatic carbocycles. The number of rotatable bonds is 55. The zero-order chi connectivity index (χ0) is 57.1. The normalized spacial score (nSPS) is 11.8. The second-order valence-electron chi connectivity index (χ2n) is 21.3. The quantitative estimate of drug-likeness (QED) is 0.0172. The summed E-state index contributed by atoms with van der Waals surface area (Å²) in [7, 11) is 0. The van der Waals surface area contributed by atoms with Crippen LogP contribution in [0.15, 0.2) is 17.1 Å². The number of nitrogens with two attached hydrogens (primary N) is 3. The molecule has 0 saturated heterocycles. The van der Waals surface area contributed by atoms with E-state index in [1.54, 1.807) is 0 Å². The Balaban J connectivity index is 2.89. The fraction of sp³-hybridized carbons (Fsp3) is 0.803. The molecule has 0 heterocycles. The van der Waals surface area contributed by atoms with Crippen LogP contribution in [0.5, 0.6) is 17.2 Å². The van der Waals surface area contributed by atoms with Crippen molar-refractivity contribution in [1.29, 1.82) is 0 Å². The number of nitrogens with one attached hydrogen (secondary N) is 4. The van der Waals surface area contributed by atoms with Gasteiger partial charge in [0.15, 0.2) is 17.5 Å². The lowest BCUT2D eigenvalue weighted by Gasteiger charge is -2.19. The van der Waals surface area contributed by atoms with E-state index in [1.807, 2.05) is 12.1 Å². The number of nitrogens with zero attached hydrogens (tertiary/aromatic N) is 1. The van der Waals surface area contributed by atoms with Crippen LogP contribution in [0.3, 0.4) is 0 Å². The molecule has 0 saturated carbocycles. The minimum Gasteiger partial charge on any atom is -0.490 e. The van der Waals surface area contributed by atoms with Gasteiger partial charge in [0.1, 0.15) is 6.04 Å². The Morgan fingerprint density at radius 1 is 0.513 bits per heavy atom. The number of carbonyl (C=O) groups excluding carboxylic acids is 4. The molecule has 0 bridgehead atoms. The van der Waals surface area contributed by atoms with Crippen molar-refractivity contribution >= 4 is 35.6 Å². The van der Waals surface area contributed by atoms with E-state index in [1.165, 1.54) is 154 Å². The number of amides is 4. The number of guanidine groups is 1. The SMILES string of the molecule is CCCCCCCCCCCCOc1cc(C(=O)NCCCCCCNC(=O)[C@H](CC(=O)O)NC(=O)CNC(=O)[C@@H](N)CCCN=C(N)N)cc(OCCCCCCCCCCCC)c1OCCCCCCCCCCCC. The molecule has 0 spiro atoms. The minimum atomic E-state index is -1.34. The Labute approximate surface area is 472 Å². The molecule has 1 aromatic rings. The van der Waals surface area contributed by atoms with Crippen LogP contribution in [-0.2, 0) is 19.2 Å². The molecule has 2 atom stereocenters. The molecule has 11 N–H and O–H groups in total. The number of carboxylic acid groups (broad SMARTS) is 1. The van der Waals surface area contributed by atoms with Crippen molar-refractivity contribution in [2.75, 3.05) is 46.0 Å². The summed E-state index contributed by atoms with van der Waals surface area (Å²) in [6, 6.07) is 1.37. The highest BCUT2D eigenvalue weighted by Gasteiger charge is 2.24. The van der Waals surface area contributed by atoms with E-state index >= 15 is 0 Å². The number of aliphatic carboxylic acids is 1. The molecule has 0 unspecified atom stereocenters. The van der Waals surface area contributed by atoms with E-state index in [0.29, 0.717) is 75.0 Å². The van der Waals surface area contributed by atoms with E-state index < -0.39 is 48.7 Å². The average molecular weight is 1100 g/mol. The Kier molecular flexibility index (Phi) is 46.0. The van der Waals surface area contributed by atoms with Crippen molar-refractivity contribution in [3.8, 4) is 17.2 Å². The van der Waals surface area contributed by atoms with Crippen molar-refractivity contribution in [3.63, 3.8) is 0 Å². The first-order valence-electron chi connectivity index (χ1n) is 31.1. The maximum atomic E-state index is 13.8. The van der Waals surface area contributed by atoms with Gasteiger partial charge in [-0.25, -0.2) is 0 Å². The van der Waals surface area contributed by atoms with Crippen LogP contribution in [0.4, 0.5) is 0 Å². The highest BCUT2D eigenvalue weighted by Crippen LogP contribution is 2.40. The Morgan fingerprint density at radius 3 is 1.33 bits per heavy atom. The number of aliphatic imine (C=N–C) groups is 1. The summed E-state index contributed by atoms with van der Waals surface area (Å²) >= 11 is 0. The van der Waals surface area contributed by atoms with E-state index in [-0.39, 0.29) is 24.8 Å².